The lowest BCUT2D eigenvalue weighted by Crippen LogP contribution is -2.37. The number of hydrogen-bond acceptors (Lipinski definition) is 4. The van der Waals surface area contributed by atoms with E-state index in [1.54, 1.807) is 31.4 Å². The Kier molecular flexibility index (Phi) is 4.42. The minimum absolute atomic E-state index is 0.130. The first-order valence-electron chi connectivity index (χ1n) is 5.78. The molecular formula is C12H16BrNO3S. The van der Waals surface area contributed by atoms with Crippen LogP contribution in [0.25, 0.3) is 0 Å². The molecule has 1 aliphatic rings. The Balaban J connectivity index is 2.15. The van der Waals surface area contributed by atoms with E-state index >= 15 is 0 Å². The van der Waals surface area contributed by atoms with Crippen LogP contribution in [0.5, 0.6) is 0 Å². The van der Waals surface area contributed by atoms with Gasteiger partial charge in [-0.2, -0.15) is 0 Å². The van der Waals surface area contributed by atoms with Gasteiger partial charge >= 0.3 is 0 Å². The van der Waals surface area contributed by atoms with E-state index in [1.807, 2.05) is 0 Å². The zero-order valence-corrected chi connectivity index (χ0v) is 12.5. The van der Waals surface area contributed by atoms with Crippen molar-refractivity contribution in [2.24, 2.45) is 0 Å². The Morgan fingerprint density at radius 1 is 1.33 bits per heavy atom. The van der Waals surface area contributed by atoms with Gasteiger partial charge in [0.25, 0.3) is 0 Å². The molecule has 4 nitrogen and oxygen atoms in total. The molecule has 1 aliphatic heterocycles. The highest BCUT2D eigenvalue weighted by Gasteiger charge is 2.34. The van der Waals surface area contributed by atoms with Crippen molar-refractivity contribution < 1.29 is 13.2 Å². The van der Waals surface area contributed by atoms with Crippen LogP contribution >= 0.6 is 15.9 Å². The molecule has 6 heteroatoms. The average molecular weight is 334 g/mol. The summed E-state index contributed by atoms with van der Waals surface area (Å²) in [5.41, 5.74) is 0. The van der Waals surface area contributed by atoms with Gasteiger partial charge in [0, 0.05) is 17.6 Å². The van der Waals surface area contributed by atoms with Crippen molar-refractivity contribution in [2.75, 3.05) is 13.7 Å². The summed E-state index contributed by atoms with van der Waals surface area (Å²) in [4.78, 5) is 0.362. The Labute approximate surface area is 116 Å². The molecule has 1 heterocycles. The van der Waals surface area contributed by atoms with Gasteiger partial charge in [-0.05, 0) is 37.1 Å². The summed E-state index contributed by atoms with van der Waals surface area (Å²) in [6.07, 6.45) is 1.46. The highest BCUT2D eigenvalue weighted by atomic mass is 79.9. The molecule has 100 valence electrons. The van der Waals surface area contributed by atoms with Gasteiger partial charge < -0.3 is 4.74 Å². The molecule has 1 fully saturated rings. The molecule has 1 N–H and O–H groups in total. The Morgan fingerprint density at radius 2 is 2.00 bits per heavy atom. The predicted octanol–water partition coefficient (Wildman–Crippen LogP) is 1.95. The van der Waals surface area contributed by atoms with E-state index in [2.05, 4.69) is 21.2 Å². The van der Waals surface area contributed by atoms with Crippen LogP contribution in [0, 0.1) is 0 Å². The highest BCUT2D eigenvalue weighted by Crippen LogP contribution is 2.24. The zero-order chi connectivity index (χ0) is 13.2. The number of benzene rings is 1. The quantitative estimate of drug-likeness (QED) is 0.914. The zero-order valence-electron chi connectivity index (χ0n) is 10.1. The average Bonchev–Trinajstić information content (AvgIpc) is 2.79. The van der Waals surface area contributed by atoms with Gasteiger partial charge in [-0.25, -0.2) is 8.42 Å². The number of ether oxygens (including phenoxy) is 1. The second kappa shape index (κ2) is 5.69. The molecule has 1 aromatic carbocycles. The van der Waals surface area contributed by atoms with Crippen LogP contribution < -0.4 is 5.32 Å². The largest absolute Gasteiger partial charge is 0.383 e. The first kappa shape index (κ1) is 14.0. The van der Waals surface area contributed by atoms with Crippen LogP contribution in [0.4, 0.5) is 0 Å². The van der Waals surface area contributed by atoms with Crippen molar-refractivity contribution in [1.82, 2.24) is 5.32 Å². The molecule has 0 spiro atoms. The van der Waals surface area contributed by atoms with Crippen molar-refractivity contribution in [3.63, 3.8) is 0 Å². The molecule has 1 saturated heterocycles. The van der Waals surface area contributed by atoms with Gasteiger partial charge in [0.05, 0.1) is 11.5 Å². The standard InChI is InChI=1S/C12H16BrNO3S/c1-17-8-10-4-7-12(14-10)18(15,16)11-5-2-9(13)3-6-11/h2-3,5-6,10,12,14H,4,7-8H2,1H3. The second-order valence-corrected chi connectivity index (χ2v) is 7.43. The van der Waals surface area contributed by atoms with E-state index in [-0.39, 0.29) is 6.04 Å². The van der Waals surface area contributed by atoms with Gasteiger partial charge in [-0.1, -0.05) is 15.9 Å². The second-order valence-electron chi connectivity index (χ2n) is 4.38. The number of sulfone groups is 1. The van der Waals surface area contributed by atoms with Gasteiger partial charge in [0.15, 0.2) is 9.84 Å². The van der Waals surface area contributed by atoms with Gasteiger partial charge in [-0.3, -0.25) is 5.32 Å². The molecule has 0 aliphatic carbocycles. The number of methoxy groups -OCH3 is 1. The van der Waals surface area contributed by atoms with Crippen molar-refractivity contribution in [1.29, 1.82) is 0 Å². The monoisotopic (exact) mass is 333 g/mol. The smallest absolute Gasteiger partial charge is 0.194 e. The maximum Gasteiger partial charge on any atom is 0.194 e. The van der Waals surface area contributed by atoms with Crippen molar-refractivity contribution in [2.45, 2.75) is 29.2 Å². The highest BCUT2D eigenvalue weighted by molar-refractivity contribution is 9.10. The number of rotatable bonds is 4. The van der Waals surface area contributed by atoms with E-state index < -0.39 is 15.2 Å². The van der Waals surface area contributed by atoms with E-state index in [0.29, 0.717) is 17.9 Å². The van der Waals surface area contributed by atoms with E-state index in [4.69, 9.17) is 4.74 Å². The molecule has 2 unspecified atom stereocenters. The van der Waals surface area contributed by atoms with Crippen LogP contribution in [-0.2, 0) is 14.6 Å². The molecule has 0 bridgehead atoms. The maximum atomic E-state index is 12.4. The fraction of sp³-hybridized carbons (Fsp3) is 0.500. The normalized spacial score (nSPS) is 24.3. The first-order valence-corrected chi connectivity index (χ1v) is 8.12. The molecule has 2 atom stereocenters. The van der Waals surface area contributed by atoms with E-state index in [0.717, 1.165) is 10.9 Å². The Bertz CT molecular complexity index is 501. The van der Waals surface area contributed by atoms with Crippen LogP contribution in [0.3, 0.4) is 0 Å². The van der Waals surface area contributed by atoms with E-state index in [1.165, 1.54) is 0 Å². The topological polar surface area (TPSA) is 55.4 Å². The first-order chi connectivity index (χ1) is 8.54. The number of halogens is 1. The lowest BCUT2D eigenvalue weighted by molar-refractivity contribution is 0.173. The number of hydrogen-bond donors (Lipinski definition) is 1. The fourth-order valence-corrected chi connectivity index (χ4v) is 4.07. The molecular weight excluding hydrogens is 318 g/mol. The van der Waals surface area contributed by atoms with Crippen LogP contribution in [0.15, 0.2) is 33.6 Å². The number of nitrogens with one attached hydrogen (secondary N) is 1. The summed E-state index contributed by atoms with van der Waals surface area (Å²) in [6, 6.07) is 6.88. The van der Waals surface area contributed by atoms with Crippen molar-refractivity contribution in [3.05, 3.63) is 28.7 Å². The minimum Gasteiger partial charge on any atom is -0.383 e. The maximum absolute atomic E-state index is 12.4. The van der Waals surface area contributed by atoms with Crippen molar-refractivity contribution >= 4 is 25.8 Å². The lowest BCUT2D eigenvalue weighted by atomic mass is 10.2. The molecule has 0 saturated carbocycles. The molecule has 0 aromatic heterocycles. The summed E-state index contributed by atoms with van der Waals surface area (Å²) < 4.78 is 30.7. The van der Waals surface area contributed by atoms with Gasteiger partial charge in [0.2, 0.25) is 0 Å². The summed E-state index contributed by atoms with van der Waals surface area (Å²) in [6.45, 7) is 0.548. The molecule has 18 heavy (non-hydrogen) atoms. The Morgan fingerprint density at radius 3 is 2.61 bits per heavy atom. The third-order valence-electron chi connectivity index (χ3n) is 3.08. The van der Waals surface area contributed by atoms with Crippen LogP contribution in [0.2, 0.25) is 0 Å². The summed E-state index contributed by atoms with van der Waals surface area (Å²) in [5.74, 6) is 0. The minimum atomic E-state index is -3.29. The fourth-order valence-electron chi connectivity index (χ4n) is 2.15. The Hall–Kier alpha value is -0.430. The SMILES string of the molecule is COCC1CCC(S(=O)(=O)c2ccc(Br)cc2)N1. The molecule has 1 aromatic rings. The molecule has 2 rings (SSSR count). The third kappa shape index (κ3) is 2.93. The third-order valence-corrected chi connectivity index (χ3v) is 5.66. The summed E-state index contributed by atoms with van der Waals surface area (Å²) in [5, 5.41) is 2.62. The van der Waals surface area contributed by atoms with Gasteiger partial charge in [0.1, 0.15) is 5.37 Å². The van der Waals surface area contributed by atoms with E-state index in [9.17, 15) is 8.42 Å². The predicted molar refractivity (Wildman–Crippen MR) is 73.1 cm³/mol. The van der Waals surface area contributed by atoms with Crippen molar-refractivity contribution in [3.8, 4) is 0 Å². The summed E-state index contributed by atoms with van der Waals surface area (Å²) in [7, 11) is -1.67. The summed E-state index contributed by atoms with van der Waals surface area (Å²) >= 11 is 3.30. The molecule has 0 amide bonds. The lowest BCUT2D eigenvalue weighted by Gasteiger charge is -2.14. The molecule has 0 radical (unpaired) electrons. The van der Waals surface area contributed by atoms with Crippen LogP contribution in [0.1, 0.15) is 12.8 Å². The van der Waals surface area contributed by atoms with Crippen LogP contribution in [-0.4, -0.2) is 33.6 Å². The van der Waals surface area contributed by atoms with Gasteiger partial charge in [-0.15, -0.1) is 0 Å².